The number of methoxy groups -OCH3 is 3. The monoisotopic (exact) mass is 395 g/mol. The van der Waals surface area contributed by atoms with Gasteiger partial charge in [-0.15, -0.1) is 0 Å². The molecule has 7 heteroatoms. The zero-order chi connectivity index (χ0) is 20.9. The third-order valence-electron chi connectivity index (χ3n) is 5.40. The van der Waals surface area contributed by atoms with Crippen molar-refractivity contribution in [2.24, 2.45) is 0 Å². The Kier molecular flexibility index (Phi) is 4.45. The van der Waals surface area contributed by atoms with E-state index in [-0.39, 0.29) is 11.8 Å². The van der Waals surface area contributed by atoms with Gasteiger partial charge in [-0.1, -0.05) is 0 Å². The van der Waals surface area contributed by atoms with Crippen LogP contribution >= 0.6 is 0 Å². The van der Waals surface area contributed by atoms with Gasteiger partial charge < -0.3 is 18.9 Å². The second kappa shape index (κ2) is 6.84. The van der Waals surface area contributed by atoms with E-state index in [9.17, 15) is 9.59 Å². The predicted octanol–water partition coefficient (Wildman–Crippen LogP) is 3.27. The lowest BCUT2D eigenvalue weighted by Crippen LogP contribution is -2.28. The Bertz CT molecular complexity index is 1030. The molecule has 1 fully saturated rings. The Labute approximate surface area is 168 Å². The van der Waals surface area contributed by atoms with E-state index in [1.165, 1.54) is 4.90 Å². The fourth-order valence-corrected chi connectivity index (χ4v) is 3.81. The van der Waals surface area contributed by atoms with Crippen LogP contribution in [0.3, 0.4) is 0 Å². The molecule has 1 heterocycles. The largest absolute Gasteiger partial charge is 0.493 e. The fraction of sp³-hybridized carbons (Fsp3) is 0.273. The van der Waals surface area contributed by atoms with Crippen molar-refractivity contribution in [1.29, 1.82) is 0 Å². The highest BCUT2D eigenvalue weighted by molar-refractivity contribution is 6.21. The second-order valence-corrected chi connectivity index (χ2v) is 6.94. The molecule has 1 atom stereocenters. The smallest absolute Gasteiger partial charge is 0.415 e. The van der Waals surface area contributed by atoms with E-state index in [4.69, 9.17) is 18.9 Å². The lowest BCUT2D eigenvalue weighted by Gasteiger charge is -2.17. The zero-order valence-corrected chi connectivity index (χ0v) is 16.9. The molecule has 1 aliphatic heterocycles. The van der Waals surface area contributed by atoms with E-state index in [1.807, 2.05) is 6.92 Å². The third kappa shape index (κ3) is 2.81. The average molecular weight is 395 g/mol. The highest BCUT2D eigenvalue weighted by Gasteiger charge is 2.41. The summed E-state index contributed by atoms with van der Waals surface area (Å²) < 4.78 is 21.5. The van der Waals surface area contributed by atoms with Gasteiger partial charge in [0, 0.05) is 18.2 Å². The SMILES string of the molecule is COc1cc(C=C2C(=O)C3=CC4C(=CC3=C2C)OC(=O)N4C)cc(OC)c1OC. The summed E-state index contributed by atoms with van der Waals surface area (Å²) in [5.74, 6) is 1.96. The summed E-state index contributed by atoms with van der Waals surface area (Å²) in [6.07, 6.45) is 4.96. The molecule has 0 spiro atoms. The molecule has 0 radical (unpaired) electrons. The van der Waals surface area contributed by atoms with Gasteiger partial charge in [-0.3, -0.25) is 9.69 Å². The van der Waals surface area contributed by atoms with Crippen molar-refractivity contribution < 1.29 is 28.5 Å². The summed E-state index contributed by atoms with van der Waals surface area (Å²) >= 11 is 0. The number of hydrogen-bond acceptors (Lipinski definition) is 6. The molecule has 0 bridgehead atoms. The highest BCUT2D eigenvalue weighted by atomic mass is 16.6. The van der Waals surface area contributed by atoms with Crippen LogP contribution in [0.1, 0.15) is 12.5 Å². The van der Waals surface area contributed by atoms with E-state index < -0.39 is 6.09 Å². The molecule has 4 rings (SSSR count). The average Bonchev–Trinajstić information content (AvgIpc) is 3.13. The van der Waals surface area contributed by atoms with Crippen molar-refractivity contribution in [3.05, 3.63) is 57.9 Å². The first-order chi connectivity index (χ1) is 13.9. The minimum absolute atomic E-state index is 0.0886. The van der Waals surface area contributed by atoms with E-state index >= 15 is 0 Å². The first kappa shape index (κ1) is 18.9. The molecule has 150 valence electrons. The number of benzene rings is 1. The van der Waals surface area contributed by atoms with Gasteiger partial charge in [-0.2, -0.15) is 0 Å². The molecule has 0 aromatic heterocycles. The molecule has 29 heavy (non-hydrogen) atoms. The van der Waals surface area contributed by atoms with Gasteiger partial charge in [0.15, 0.2) is 17.3 Å². The van der Waals surface area contributed by atoms with Crippen LogP contribution in [-0.4, -0.2) is 51.2 Å². The summed E-state index contributed by atoms with van der Waals surface area (Å²) in [5, 5.41) is 0. The van der Waals surface area contributed by atoms with E-state index in [0.717, 1.165) is 16.7 Å². The van der Waals surface area contributed by atoms with E-state index in [0.29, 0.717) is 34.2 Å². The number of carbonyl (C=O) groups is 2. The van der Waals surface area contributed by atoms with E-state index in [1.54, 1.807) is 58.7 Å². The van der Waals surface area contributed by atoms with Gasteiger partial charge in [-0.25, -0.2) is 4.79 Å². The lowest BCUT2D eigenvalue weighted by molar-refractivity contribution is -0.111. The van der Waals surface area contributed by atoms with Crippen LogP contribution in [0.25, 0.3) is 6.08 Å². The molecule has 1 unspecified atom stereocenters. The Morgan fingerprint density at radius 3 is 2.31 bits per heavy atom. The number of allylic oxidation sites excluding steroid dienone is 5. The van der Waals surface area contributed by atoms with Crippen molar-refractivity contribution in [2.75, 3.05) is 28.4 Å². The molecular weight excluding hydrogens is 374 g/mol. The number of likely N-dealkylation sites (N-methyl/N-ethyl adjacent to an activating group) is 1. The minimum Gasteiger partial charge on any atom is -0.493 e. The van der Waals surface area contributed by atoms with Gasteiger partial charge in [-0.05, 0) is 54.0 Å². The molecule has 0 saturated carbocycles. The summed E-state index contributed by atoms with van der Waals surface area (Å²) in [6.45, 7) is 1.88. The maximum absolute atomic E-state index is 13.1. The number of Topliss-reactive ketones (excluding diaryl/α,β-unsaturated/α-hetero) is 1. The maximum atomic E-state index is 13.1. The lowest BCUT2D eigenvalue weighted by atomic mass is 9.96. The number of rotatable bonds is 4. The second-order valence-electron chi connectivity index (χ2n) is 6.94. The Morgan fingerprint density at radius 1 is 1.07 bits per heavy atom. The molecule has 1 saturated heterocycles. The third-order valence-corrected chi connectivity index (χ3v) is 5.40. The first-order valence-electron chi connectivity index (χ1n) is 9.05. The number of nitrogens with zero attached hydrogens (tertiary/aromatic N) is 1. The number of hydrogen-bond donors (Lipinski definition) is 0. The van der Waals surface area contributed by atoms with E-state index in [2.05, 4.69) is 0 Å². The Balaban J connectivity index is 1.79. The summed E-state index contributed by atoms with van der Waals surface area (Å²) in [6, 6.07) is 3.23. The number of ether oxygens (including phenoxy) is 4. The van der Waals surface area contributed by atoms with Gasteiger partial charge in [0.25, 0.3) is 0 Å². The molecule has 1 aromatic carbocycles. The summed E-state index contributed by atoms with van der Waals surface area (Å²) in [5.41, 5.74) is 3.51. The number of ketones is 1. The van der Waals surface area contributed by atoms with Crippen LogP contribution in [0, 0.1) is 0 Å². The summed E-state index contributed by atoms with van der Waals surface area (Å²) in [4.78, 5) is 26.4. The molecule has 7 nitrogen and oxygen atoms in total. The predicted molar refractivity (Wildman–Crippen MR) is 106 cm³/mol. The van der Waals surface area contributed by atoms with Crippen molar-refractivity contribution in [3.8, 4) is 17.2 Å². The molecule has 1 amide bonds. The zero-order valence-electron chi connectivity index (χ0n) is 16.9. The van der Waals surface area contributed by atoms with Gasteiger partial charge in [0.05, 0.1) is 21.3 Å². The molecule has 1 aromatic rings. The van der Waals surface area contributed by atoms with Crippen molar-refractivity contribution in [2.45, 2.75) is 13.0 Å². The number of amides is 1. The van der Waals surface area contributed by atoms with Crippen LogP contribution in [0.2, 0.25) is 0 Å². The van der Waals surface area contributed by atoms with Gasteiger partial charge in [0.1, 0.15) is 11.8 Å². The quantitative estimate of drug-likeness (QED) is 0.729. The van der Waals surface area contributed by atoms with Crippen molar-refractivity contribution in [3.63, 3.8) is 0 Å². The van der Waals surface area contributed by atoms with Crippen LogP contribution < -0.4 is 14.2 Å². The highest BCUT2D eigenvalue weighted by Crippen LogP contribution is 2.43. The number of fused-ring (bicyclic) bond motifs is 2. The topological polar surface area (TPSA) is 74.3 Å². The van der Waals surface area contributed by atoms with Crippen LogP contribution in [0.4, 0.5) is 4.79 Å². The summed E-state index contributed by atoms with van der Waals surface area (Å²) in [7, 11) is 6.28. The van der Waals surface area contributed by atoms with Gasteiger partial charge >= 0.3 is 6.09 Å². The van der Waals surface area contributed by atoms with Crippen molar-refractivity contribution in [1.82, 2.24) is 4.90 Å². The fourth-order valence-electron chi connectivity index (χ4n) is 3.81. The van der Waals surface area contributed by atoms with Crippen LogP contribution in [-0.2, 0) is 9.53 Å². The van der Waals surface area contributed by atoms with Crippen LogP contribution in [0.5, 0.6) is 17.2 Å². The Morgan fingerprint density at radius 2 is 1.72 bits per heavy atom. The Hall–Kier alpha value is -3.48. The standard InChI is InChI=1S/C22H21NO6/c1-11-13-10-17-16(23(2)22(25)29-17)9-15(13)20(24)14(11)6-12-7-18(26-3)21(28-5)19(8-12)27-4/h6-10,16H,1-5H3. The molecule has 3 aliphatic rings. The number of carbonyl (C=O) groups excluding carboxylic acids is 2. The van der Waals surface area contributed by atoms with Crippen LogP contribution in [0.15, 0.2) is 52.3 Å². The normalized spacial score (nSPS) is 21.6. The van der Waals surface area contributed by atoms with Gasteiger partial charge in [0.2, 0.25) is 5.75 Å². The first-order valence-corrected chi connectivity index (χ1v) is 9.05. The molecule has 2 aliphatic carbocycles. The van der Waals surface area contributed by atoms with Crippen molar-refractivity contribution >= 4 is 18.0 Å². The minimum atomic E-state index is -0.419. The maximum Gasteiger partial charge on any atom is 0.415 e. The molecule has 0 N–H and O–H groups in total. The molecular formula is C22H21NO6.